The van der Waals surface area contributed by atoms with Gasteiger partial charge in [-0.25, -0.2) is 4.98 Å². The molecule has 0 aliphatic heterocycles. The third kappa shape index (κ3) is 4.06. The van der Waals surface area contributed by atoms with Gasteiger partial charge in [0.15, 0.2) is 11.2 Å². The van der Waals surface area contributed by atoms with E-state index in [1.807, 2.05) is 34.9 Å². The van der Waals surface area contributed by atoms with Gasteiger partial charge in [-0.1, -0.05) is 48.6 Å². The summed E-state index contributed by atoms with van der Waals surface area (Å²) >= 11 is 0. The summed E-state index contributed by atoms with van der Waals surface area (Å²) in [7, 11) is 0. The van der Waals surface area contributed by atoms with Crippen LogP contribution in [0, 0.1) is 0 Å². The highest BCUT2D eigenvalue weighted by molar-refractivity contribution is 5.76. The second kappa shape index (κ2) is 8.25. The standard InChI is InChI=1S/C22H24N4O2/c1-16(2)26-15-23-19-20(26)24-22(28-14-18-11-7-4-8-12-18)25-21(19)27-13-17-9-5-3-6-10-17/h3,5-7,9-12,15-16H,4,8,13-14H2,1-2H3. The molecule has 6 nitrogen and oxygen atoms in total. The summed E-state index contributed by atoms with van der Waals surface area (Å²) in [6.07, 6.45) is 10.3. The van der Waals surface area contributed by atoms with Crippen molar-refractivity contribution in [3.8, 4) is 11.9 Å². The molecule has 1 aliphatic carbocycles. The Morgan fingerprint density at radius 1 is 1.04 bits per heavy atom. The molecule has 2 aromatic heterocycles. The van der Waals surface area contributed by atoms with Gasteiger partial charge in [0.25, 0.3) is 0 Å². The van der Waals surface area contributed by atoms with E-state index < -0.39 is 0 Å². The first-order valence-corrected chi connectivity index (χ1v) is 9.60. The fraction of sp³-hybridized carbons (Fsp3) is 0.318. The van der Waals surface area contributed by atoms with Crippen molar-refractivity contribution in [3.05, 3.63) is 66.0 Å². The van der Waals surface area contributed by atoms with Crippen molar-refractivity contribution in [1.29, 1.82) is 0 Å². The number of allylic oxidation sites excluding steroid dienone is 2. The van der Waals surface area contributed by atoms with E-state index >= 15 is 0 Å². The first-order chi connectivity index (χ1) is 13.7. The molecule has 2 heterocycles. The van der Waals surface area contributed by atoms with Crippen molar-refractivity contribution in [2.75, 3.05) is 6.61 Å². The zero-order valence-electron chi connectivity index (χ0n) is 16.2. The van der Waals surface area contributed by atoms with Gasteiger partial charge in [0, 0.05) is 6.04 Å². The third-order valence-electron chi connectivity index (χ3n) is 4.58. The highest BCUT2D eigenvalue weighted by Gasteiger charge is 2.17. The van der Waals surface area contributed by atoms with Gasteiger partial charge in [0.1, 0.15) is 13.2 Å². The van der Waals surface area contributed by atoms with Crippen molar-refractivity contribution in [3.63, 3.8) is 0 Å². The maximum atomic E-state index is 6.00. The van der Waals surface area contributed by atoms with Crippen LogP contribution in [0.1, 0.15) is 38.3 Å². The summed E-state index contributed by atoms with van der Waals surface area (Å²) in [5.74, 6) is 0.441. The monoisotopic (exact) mass is 376 g/mol. The largest absolute Gasteiger partial charge is 0.471 e. The number of imidazole rings is 1. The van der Waals surface area contributed by atoms with Gasteiger partial charge < -0.3 is 14.0 Å². The SMILES string of the molecule is CC(C)n1cnc2c(OCc3ccccc3)nc(OCC3=CCCC=C3)nc21. The van der Waals surface area contributed by atoms with Crippen molar-refractivity contribution in [2.45, 2.75) is 39.3 Å². The normalized spacial score (nSPS) is 13.8. The molecule has 0 radical (unpaired) electrons. The number of aromatic nitrogens is 4. The number of fused-ring (bicyclic) bond motifs is 1. The van der Waals surface area contributed by atoms with Crippen LogP contribution >= 0.6 is 0 Å². The first-order valence-electron chi connectivity index (χ1n) is 9.60. The van der Waals surface area contributed by atoms with Crippen molar-refractivity contribution < 1.29 is 9.47 Å². The second-order valence-electron chi connectivity index (χ2n) is 7.05. The third-order valence-corrected chi connectivity index (χ3v) is 4.58. The Kier molecular flexibility index (Phi) is 5.37. The van der Waals surface area contributed by atoms with E-state index in [9.17, 15) is 0 Å². The number of ether oxygens (including phenoxy) is 2. The van der Waals surface area contributed by atoms with Gasteiger partial charge in [-0.3, -0.25) is 0 Å². The Morgan fingerprint density at radius 3 is 2.64 bits per heavy atom. The predicted octanol–water partition coefficient (Wildman–Crippen LogP) is 4.64. The molecule has 0 bridgehead atoms. The topological polar surface area (TPSA) is 62.1 Å². The Bertz CT molecular complexity index is 1010. The predicted molar refractivity (Wildman–Crippen MR) is 108 cm³/mol. The Labute approximate surface area is 164 Å². The number of hydrogen-bond donors (Lipinski definition) is 0. The molecular weight excluding hydrogens is 352 g/mol. The zero-order valence-corrected chi connectivity index (χ0v) is 16.2. The van der Waals surface area contributed by atoms with Crippen LogP contribution in [0.4, 0.5) is 0 Å². The fourth-order valence-electron chi connectivity index (χ4n) is 3.06. The average Bonchev–Trinajstić information content (AvgIpc) is 3.16. The summed E-state index contributed by atoms with van der Waals surface area (Å²) in [5, 5.41) is 0. The zero-order chi connectivity index (χ0) is 19.3. The lowest BCUT2D eigenvalue weighted by molar-refractivity contribution is 0.280. The molecule has 0 N–H and O–H groups in total. The smallest absolute Gasteiger partial charge is 0.322 e. The molecule has 1 aliphatic rings. The number of rotatable bonds is 7. The molecule has 0 saturated carbocycles. The molecule has 0 unspecified atom stereocenters. The summed E-state index contributed by atoms with van der Waals surface area (Å²) in [6, 6.07) is 10.5. The Hall–Kier alpha value is -3.15. The first kappa shape index (κ1) is 18.2. The molecule has 4 rings (SSSR count). The Morgan fingerprint density at radius 2 is 1.89 bits per heavy atom. The van der Waals surface area contributed by atoms with Gasteiger partial charge in [0.05, 0.1) is 6.33 Å². The maximum Gasteiger partial charge on any atom is 0.322 e. The highest BCUT2D eigenvalue weighted by Crippen LogP contribution is 2.26. The van der Waals surface area contributed by atoms with Crippen molar-refractivity contribution in [1.82, 2.24) is 19.5 Å². The van der Waals surface area contributed by atoms with Crippen LogP contribution in [-0.4, -0.2) is 26.1 Å². The minimum atomic E-state index is 0.221. The molecule has 0 atom stereocenters. The molecule has 0 amide bonds. The van der Waals surface area contributed by atoms with Crippen LogP contribution in [0.25, 0.3) is 11.2 Å². The van der Waals surface area contributed by atoms with E-state index in [2.05, 4.69) is 47.0 Å². The lowest BCUT2D eigenvalue weighted by Gasteiger charge is -2.12. The molecule has 3 aromatic rings. The fourth-order valence-corrected chi connectivity index (χ4v) is 3.06. The van der Waals surface area contributed by atoms with Gasteiger partial charge in [-0.15, -0.1) is 0 Å². The van der Waals surface area contributed by atoms with E-state index in [1.54, 1.807) is 6.33 Å². The van der Waals surface area contributed by atoms with Crippen LogP contribution in [0.3, 0.4) is 0 Å². The summed E-state index contributed by atoms with van der Waals surface area (Å²) in [5.41, 5.74) is 3.57. The molecule has 28 heavy (non-hydrogen) atoms. The minimum absolute atomic E-state index is 0.221. The molecule has 144 valence electrons. The second-order valence-corrected chi connectivity index (χ2v) is 7.05. The minimum Gasteiger partial charge on any atom is -0.471 e. The number of nitrogens with zero attached hydrogens (tertiary/aromatic N) is 4. The van der Waals surface area contributed by atoms with E-state index in [1.165, 1.54) is 0 Å². The lowest BCUT2D eigenvalue weighted by Crippen LogP contribution is -2.08. The molecule has 6 heteroatoms. The van der Waals surface area contributed by atoms with E-state index in [0.29, 0.717) is 30.6 Å². The lowest BCUT2D eigenvalue weighted by atomic mass is 10.1. The van der Waals surface area contributed by atoms with E-state index in [4.69, 9.17) is 9.47 Å². The maximum absolute atomic E-state index is 6.00. The molecule has 0 spiro atoms. The molecule has 0 saturated heterocycles. The van der Waals surface area contributed by atoms with Crippen LogP contribution in [-0.2, 0) is 6.61 Å². The van der Waals surface area contributed by atoms with E-state index in [-0.39, 0.29) is 6.04 Å². The van der Waals surface area contributed by atoms with Gasteiger partial charge in [-0.05, 0) is 37.8 Å². The van der Waals surface area contributed by atoms with Crippen LogP contribution in [0.15, 0.2) is 60.5 Å². The summed E-state index contributed by atoms with van der Waals surface area (Å²) in [4.78, 5) is 13.6. The van der Waals surface area contributed by atoms with Crippen molar-refractivity contribution >= 4 is 11.2 Å². The van der Waals surface area contributed by atoms with Gasteiger partial charge in [0.2, 0.25) is 5.88 Å². The summed E-state index contributed by atoms with van der Waals surface area (Å²) < 4.78 is 13.9. The Balaban J connectivity index is 1.62. The number of benzene rings is 1. The van der Waals surface area contributed by atoms with Crippen LogP contribution in [0.2, 0.25) is 0 Å². The van der Waals surface area contributed by atoms with Crippen molar-refractivity contribution in [2.24, 2.45) is 0 Å². The van der Waals surface area contributed by atoms with Crippen LogP contribution < -0.4 is 9.47 Å². The van der Waals surface area contributed by atoms with E-state index in [0.717, 1.165) is 29.6 Å². The summed E-state index contributed by atoms with van der Waals surface area (Å²) in [6.45, 7) is 5.03. The quantitative estimate of drug-likeness (QED) is 0.601. The molecular formula is C22H24N4O2. The van der Waals surface area contributed by atoms with Crippen LogP contribution in [0.5, 0.6) is 11.9 Å². The average molecular weight is 376 g/mol. The molecule has 0 fully saturated rings. The number of hydrogen-bond acceptors (Lipinski definition) is 5. The van der Waals surface area contributed by atoms with Gasteiger partial charge in [-0.2, -0.15) is 9.97 Å². The molecule has 1 aromatic carbocycles. The highest BCUT2D eigenvalue weighted by atomic mass is 16.5. The van der Waals surface area contributed by atoms with Gasteiger partial charge >= 0.3 is 6.01 Å².